The molecule has 0 saturated carbocycles. The SMILES string of the molecule is CCN(CC)C(=O)CN(c1ccc(C)cc1)S(=O)(=O)c1cccc2cccnc12. The Balaban J connectivity index is 2.13. The Kier molecular flexibility index (Phi) is 6.17. The van der Waals surface area contributed by atoms with Gasteiger partial charge in [0.15, 0.2) is 0 Å². The lowest BCUT2D eigenvalue weighted by molar-refractivity contribution is -0.129. The Bertz CT molecular complexity index is 1100. The zero-order chi connectivity index (χ0) is 21.0. The van der Waals surface area contributed by atoms with Crippen molar-refractivity contribution >= 4 is 32.5 Å². The highest BCUT2D eigenvalue weighted by molar-refractivity contribution is 7.93. The van der Waals surface area contributed by atoms with E-state index in [1.54, 1.807) is 35.4 Å². The first kappa shape index (κ1) is 20.8. The van der Waals surface area contributed by atoms with Crippen LogP contribution in [0, 0.1) is 6.92 Å². The fourth-order valence-corrected chi connectivity index (χ4v) is 4.81. The number of sulfonamides is 1. The third kappa shape index (κ3) is 4.24. The molecule has 29 heavy (non-hydrogen) atoms. The maximum absolute atomic E-state index is 13.7. The van der Waals surface area contributed by atoms with Gasteiger partial charge < -0.3 is 4.90 Å². The smallest absolute Gasteiger partial charge is 0.266 e. The zero-order valence-electron chi connectivity index (χ0n) is 16.9. The number of nitrogens with zero attached hydrogens (tertiary/aromatic N) is 3. The van der Waals surface area contributed by atoms with Crippen LogP contribution in [0.5, 0.6) is 0 Å². The van der Waals surface area contributed by atoms with E-state index in [1.165, 1.54) is 10.4 Å². The minimum atomic E-state index is -4.02. The van der Waals surface area contributed by atoms with Gasteiger partial charge in [0.25, 0.3) is 10.0 Å². The van der Waals surface area contributed by atoms with E-state index in [-0.39, 0.29) is 17.3 Å². The van der Waals surface area contributed by atoms with Gasteiger partial charge in [-0.05, 0) is 45.0 Å². The Labute approximate surface area is 171 Å². The number of aryl methyl sites for hydroxylation is 1. The second-order valence-corrected chi connectivity index (χ2v) is 8.58. The summed E-state index contributed by atoms with van der Waals surface area (Å²) in [5.74, 6) is -0.243. The standard InChI is InChI=1S/C22H25N3O3S/c1-4-24(5-2)21(26)16-25(19-13-11-17(3)12-14-19)29(27,28)20-10-6-8-18-9-7-15-23-22(18)20/h6-15H,4-5,16H2,1-3H3. The van der Waals surface area contributed by atoms with Gasteiger partial charge in [0, 0.05) is 24.7 Å². The molecule has 0 aliphatic rings. The molecule has 7 heteroatoms. The van der Waals surface area contributed by atoms with Crippen LogP contribution in [-0.4, -0.2) is 43.8 Å². The Morgan fingerprint density at radius 3 is 2.28 bits per heavy atom. The van der Waals surface area contributed by atoms with Crippen LogP contribution in [0.25, 0.3) is 10.9 Å². The summed E-state index contributed by atoms with van der Waals surface area (Å²) in [6, 6.07) is 15.7. The molecule has 0 aliphatic heterocycles. The van der Waals surface area contributed by atoms with Gasteiger partial charge in [-0.25, -0.2) is 8.42 Å². The first-order valence-corrected chi connectivity index (χ1v) is 11.0. The lowest BCUT2D eigenvalue weighted by Crippen LogP contribution is -2.43. The Morgan fingerprint density at radius 1 is 0.966 bits per heavy atom. The number of carbonyl (C=O) groups excluding carboxylic acids is 1. The van der Waals surface area contributed by atoms with Crippen LogP contribution in [0.2, 0.25) is 0 Å². The van der Waals surface area contributed by atoms with Crippen LogP contribution in [0.4, 0.5) is 5.69 Å². The molecule has 0 saturated heterocycles. The molecule has 152 valence electrons. The predicted octanol–water partition coefficient (Wildman–Crippen LogP) is 3.61. The van der Waals surface area contributed by atoms with Crippen molar-refractivity contribution in [1.29, 1.82) is 0 Å². The number of carbonyl (C=O) groups is 1. The number of para-hydroxylation sites is 1. The highest BCUT2D eigenvalue weighted by Crippen LogP contribution is 2.28. The molecule has 0 bridgehead atoms. The number of anilines is 1. The van der Waals surface area contributed by atoms with E-state index in [0.29, 0.717) is 24.3 Å². The number of amides is 1. The number of fused-ring (bicyclic) bond motifs is 1. The first-order chi connectivity index (χ1) is 13.9. The molecule has 0 unspecified atom stereocenters. The average Bonchev–Trinajstić information content (AvgIpc) is 2.73. The largest absolute Gasteiger partial charge is 0.342 e. The van der Waals surface area contributed by atoms with E-state index in [1.807, 2.05) is 45.0 Å². The highest BCUT2D eigenvalue weighted by Gasteiger charge is 2.30. The molecule has 1 amide bonds. The van der Waals surface area contributed by atoms with Crippen LogP contribution < -0.4 is 4.31 Å². The number of benzene rings is 2. The molecule has 0 spiro atoms. The summed E-state index contributed by atoms with van der Waals surface area (Å²) in [7, 11) is -4.02. The van der Waals surface area contributed by atoms with Crippen molar-refractivity contribution in [3.8, 4) is 0 Å². The van der Waals surface area contributed by atoms with E-state index < -0.39 is 10.0 Å². The van der Waals surface area contributed by atoms with Crippen LogP contribution >= 0.6 is 0 Å². The van der Waals surface area contributed by atoms with E-state index in [4.69, 9.17) is 0 Å². The molecule has 1 aromatic heterocycles. The average molecular weight is 412 g/mol. The maximum Gasteiger partial charge on any atom is 0.266 e. The maximum atomic E-state index is 13.7. The summed E-state index contributed by atoms with van der Waals surface area (Å²) in [5.41, 5.74) is 1.85. The molecular formula is C22H25N3O3S. The van der Waals surface area contributed by atoms with Crippen molar-refractivity contribution in [3.63, 3.8) is 0 Å². The number of likely N-dealkylation sites (N-methyl/N-ethyl adjacent to an activating group) is 1. The van der Waals surface area contributed by atoms with Gasteiger partial charge in [-0.2, -0.15) is 0 Å². The predicted molar refractivity (Wildman–Crippen MR) is 115 cm³/mol. The van der Waals surface area contributed by atoms with E-state index >= 15 is 0 Å². The summed E-state index contributed by atoms with van der Waals surface area (Å²) in [4.78, 5) is 18.8. The summed E-state index contributed by atoms with van der Waals surface area (Å²) >= 11 is 0. The quantitative estimate of drug-likeness (QED) is 0.596. The topological polar surface area (TPSA) is 70.6 Å². The summed E-state index contributed by atoms with van der Waals surface area (Å²) in [6.07, 6.45) is 1.57. The van der Waals surface area contributed by atoms with Crippen molar-refractivity contribution in [2.24, 2.45) is 0 Å². The molecule has 2 aromatic carbocycles. The Morgan fingerprint density at radius 2 is 1.62 bits per heavy atom. The van der Waals surface area contributed by atoms with Gasteiger partial charge in [-0.3, -0.25) is 14.1 Å². The zero-order valence-corrected chi connectivity index (χ0v) is 17.7. The normalized spacial score (nSPS) is 11.4. The van der Waals surface area contributed by atoms with Gasteiger partial charge in [-0.15, -0.1) is 0 Å². The van der Waals surface area contributed by atoms with Crippen LogP contribution in [0.1, 0.15) is 19.4 Å². The van der Waals surface area contributed by atoms with E-state index in [0.717, 1.165) is 10.9 Å². The minimum Gasteiger partial charge on any atom is -0.342 e. The number of pyridine rings is 1. The molecule has 3 aromatic rings. The monoisotopic (exact) mass is 411 g/mol. The summed E-state index contributed by atoms with van der Waals surface area (Å²) in [6.45, 7) is 6.45. The van der Waals surface area contributed by atoms with Gasteiger partial charge in [-0.1, -0.05) is 35.9 Å². The van der Waals surface area contributed by atoms with Crippen molar-refractivity contribution < 1.29 is 13.2 Å². The molecule has 1 heterocycles. The lowest BCUT2D eigenvalue weighted by Gasteiger charge is -2.27. The third-order valence-electron chi connectivity index (χ3n) is 4.88. The lowest BCUT2D eigenvalue weighted by atomic mass is 10.2. The summed E-state index contributed by atoms with van der Waals surface area (Å²) < 4.78 is 28.5. The molecular weight excluding hydrogens is 386 g/mol. The van der Waals surface area contributed by atoms with Crippen LogP contribution in [0.15, 0.2) is 65.7 Å². The molecule has 0 aliphatic carbocycles. The number of rotatable bonds is 7. The molecule has 6 nitrogen and oxygen atoms in total. The molecule has 0 radical (unpaired) electrons. The second kappa shape index (κ2) is 8.61. The van der Waals surface area contributed by atoms with Crippen molar-refractivity contribution in [2.45, 2.75) is 25.7 Å². The van der Waals surface area contributed by atoms with Gasteiger partial charge in [0.05, 0.1) is 11.2 Å². The third-order valence-corrected chi connectivity index (χ3v) is 6.69. The number of hydrogen-bond donors (Lipinski definition) is 0. The van der Waals surface area contributed by atoms with Crippen molar-refractivity contribution in [3.05, 3.63) is 66.4 Å². The molecule has 0 N–H and O–H groups in total. The van der Waals surface area contributed by atoms with Gasteiger partial charge >= 0.3 is 0 Å². The van der Waals surface area contributed by atoms with Gasteiger partial charge in [0.2, 0.25) is 5.91 Å². The molecule has 0 atom stereocenters. The minimum absolute atomic E-state index is 0.0866. The fourth-order valence-electron chi connectivity index (χ4n) is 3.23. The van der Waals surface area contributed by atoms with Crippen LogP contribution in [-0.2, 0) is 14.8 Å². The molecule has 3 rings (SSSR count). The van der Waals surface area contributed by atoms with Crippen molar-refractivity contribution in [2.75, 3.05) is 23.9 Å². The highest BCUT2D eigenvalue weighted by atomic mass is 32.2. The second-order valence-electron chi connectivity index (χ2n) is 6.74. The summed E-state index contributed by atoms with van der Waals surface area (Å²) in [5, 5.41) is 0.729. The first-order valence-electron chi connectivity index (χ1n) is 9.59. The number of aromatic nitrogens is 1. The Hall–Kier alpha value is -2.93. The van der Waals surface area contributed by atoms with Crippen molar-refractivity contribution in [1.82, 2.24) is 9.88 Å². The van der Waals surface area contributed by atoms with E-state index in [9.17, 15) is 13.2 Å². The number of hydrogen-bond acceptors (Lipinski definition) is 4. The van der Waals surface area contributed by atoms with E-state index in [2.05, 4.69) is 4.98 Å². The fraction of sp³-hybridized carbons (Fsp3) is 0.273. The van der Waals surface area contributed by atoms with Gasteiger partial charge in [0.1, 0.15) is 11.4 Å². The van der Waals surface area contributed by atoms with Crippen LogP contribution in [0.3, 0.4) is 0 Å². The molecule has 0 fully saturated rings.